The Morgan fingerprint density at radius 2 is 1.77 bits per heavy atom. The third-order valence-corrected chi connectivity index (χ3v) is 6.04. The van der Waals surface area contributed by atoms with E-state index in [1.807, 2.05) is 12.3 Å². The second-order valence-corrected chi connectivity index (χ2v) is 8.11. The first kappa shape index (κ1) is 19.3. The van der Waals surface area contributed by atoms with Gasteiger partial charge in [0.25, 0.3) is 0 Å². The monoisotopic (exact) mass is 406 g/mol. The summed E-state index contributed by atoms with van der Waals surface area (Å²) in [4.78, 5) is 3.57. The van der Waals surface area contributed by atoms with Crippen molar-refractivity contribution in [3.8, 4) is 5.75 Å². The molecular formula is C28H26N2O. The van der Waals surface area contributed by atoms with E-state index >= 15 is 0 Å². The summed E-state index contributed by atoms with van der Waals surface area (Å²) < 4.78 is 0. The molecule has 0 amide bonds. The minimum atomic E-state index is 0.321. The largest absolute Gasteiger partial charge is 0.505 e. The van der Waals surface area contributed by atoms with E-state index in [4.69, 9.17) is 0 Å². The van der Waals surface area contributed by atoms with Crippen molar-refractivity contribution in [3.05, 3.63) is 95.7 Å². The van der Waals surface area contributed by atoms with Crippen molar-refractivity contribution in [2.45, 2.75) is 26.7 Å². The number of allylic oxidation sites excluding steroid dienone is 1. The minimum absolute atomic E-state index is 0.321. The molecule has 0 aliphatic carbocycles. The summed E-state index contributed by atoms with van der Waals surface area (Å²) >= 11 is 0. The molecule has 0 bridgehead atoms. The van der Waals surface area contributed by atoms with Crippen LogP contribution in [0.25, 0.3) is 32.6 Å². The zero-order valence-electron chi connectivity index (χ0n) is 17.9. The molecule has 0 saturated heterocycles. The first-order chi connectivity index (χ1) is 15.2. The maximum Gasteiger partial charge on any atom is 0.142 e. The highest BCUT2D eigenvalue weighted by Crippen LogP contribution is 2.41. The fraction of sp³-hybridized carbons (Fsp3) is 0.143. The van der Waals surface area contributed by atoms with Crippen LogP contribution in [0.2, 0.25) is 0 Å². The van der Waals surface area contributed by atoms with Crippen LogP contribution in [0.1, 0.15) is 23.6 Å². The van der Waals surface area contributed by atoms with Gasteiger partial charge in [0.2, 0.25) is 0 Å². The van der Waals surface area contributed by atoms with Gasteiger partial charge in [-0.3, -0.25) is 0 Å². The van der Waals surface area contributed by atoms with Crippen molar-refractivity contribution >= 4 is 38.3 Å². The second-order valence-electron chi connectivity index (χ2n) is 8.11. The van der Waals surface area contributed by atoms with Gasteiger partial charge >= 0.3 is 0 Å². The Bertz CT molecular complexity index is 1430. The molecule has 0 aliphatic heterocycles. The average Bonchev–Trinajstić information content (AvgIpc) is 3.17. The number of rotatable bonds is 5. The third-order valence-electron chi connectivity index (χ3n) is 6.04. The molecule has 4 aromatic carbocycles. The van der Waals surface area contributed by atoms with E-state index in [0.29, 0.717) is 5.75 Å². The van der Waals surface area contributed by atoms with Gasteiger partial charge in [0, 0.05) is 21.7 Å². The second kappa shape index (κ2) is 7.84. The summed E-state index contributed by atoms with van der Waals surface area (Å²) in [6.45, 7) is 4.17. The van der Waals surface area contributed by atoms with Crippen LogP contribution in [0.15, 0.2) is 79.0 Å². The molecule has 154 valence electrons. The quantitative estimate of drug-likeness (QED) is 0.270. The number of aryl methyl sites for hydroxylation is 2. The lowest BCUT2D eigenvalue weighted by Gasteiger charge is -2.14. The number of nitrogens with one attached hydrogen (secondary N) is 2. The number of aromatic nitrogens is 1. The van der Waals surface area contributed by atoms with E-state index in [1.165, 1.54) is 21.9 Å². The molecule has 3 N–H and O–H groups in total. The number of hydrogen-bond donors (Lipinski definition) is 3. The van der Waals surface area contributed by atoms with Gasteiger partial charge < -0.3 is 15.4 Å². The summed E-state index contributed by atoms with van der Waals surface area (Å²) in [6.07, 6.45) is 5.64. The number of phenolic OH excluding ortho intramolecular Hbond substituents is 1. The Morgan fingerprint density at radius 3 is 2.58 bits per heavy atom. The molecule has 0 aliphatic rings. The molecule has 0 spiro atoms. The summed E-state index contributed by atoms with van der Waals surface area (Å²) in [7, 11) is 0. The summed E-state index contributed by atoms with van der Waals surface area (Å²) in [5.74, 6) is 0.321. The van der Waals surface area contributed by atoms with Crippen LogP contribution in [-0.4, -0.2) is 10.1 Å². The number of aromatic hydroxyl groups is 1. The molecule has 5 aromatic rings. The molecule has 0 unspecified atom stereocenters. The van der Waals surface area contributed by atoms with Crippen LogP contribution in [0.5, 0.6) is 5.75 Å². The number of phenols is 1. The lowest BCUT2D eigenvalue weighted by Crippen LogP contribution is -1.95. The van der Waals surface area contributed by atoms with Crippen LogP contribution in [0.4, 0.5) is 5.69 Å². The summed E-state index contributed by atoms with van der Waals surface area (Å²) in [5, 5.41) is 18.9. The first-order valence-electron chi connectivity index (χ1n) is 10.8. The van der Waals surface area contributed by atoms with Crippen molar-refractivity contribution in [1.29, 1.82) is 0 Å². The number of aromatic amines is 1. The van der Waals surface area contributed by atoms with E-state index in [-0.39, 0.29) is 0 Å². The standard InChI is InChI=1S/C28H26N2O/c1-3-20-17-21-14-15-23-22-8-4-5-9-24(22)30-26(23)25(21)27(28(20)31)29-16-6-7-19-12-10-18(2)11-13-19/h4-6,8-17,29-31H,3,7H2,1-2H3/b16-6+. The molecule has 0 atom stereocenters. The summed E-state index contributed by atoms with van der Waals surface area (Å²) in [6, 6.07) is 23.3. The van der Waals surface area contributed by atoms with Gasteiger partial charge in [-0.05, 0) is 54.6 Å². The van der Waals surface area contributed by atoms with Crippen LogP contribution in [0.3, 0.4) is 0 Å². The van der Waals surface area contributed by atoms with Crippen molar-refractivity contribution < 1.29 is 5.11 Å². The molecular weight excluding hydrogens is 380 g/mol. The maximum absolute atomic E-state index is 11.1. The topological polar surface area (TPSA) is 48.0 Å². The zero-order valence-corrected chi connectivity index (χ0v) is 17.9. The Hall–Kier alpha value is -3.72. The normalized spacial score (nSPS) is 11.8. The molecule has 3 nitrogen and oxygen atoms in total. The van der Waals surface area contributed by atoms with E-state index < -0.39 is 0 Å². The van der Waals surface area contributed by atoms with Crippen LogP contribution < -0.4 is 5.32 Å². The average molecular weight is 407 g/mol. The van der Waals surface area contributed by atoms with Crippen LogP contribution in [-0.2, 0) is 12.8 Å². The van der Waals surface area contributed by atoms with E-state index in [0.717, 1.165) is 45.9 Å². The molecule has 0 fully saturated rings. The van der Waals surface area contributed by atoms with E-state index in [1.54, 1.807) is 0 Å². The van der Waals surface area contributed by atoms with E-state index in [2.05, 4.69) is 90.9 Å². The van der Waals surface area contributed by atoms with Gasteiger partial charge in [0.05, 0.1) is 11.2 Å². The highest BCUT2D eigenvalue weighted by atomic mass is 16.3. The maximum atomic E-state index is 11.1. The van der Waals surface area contributed by atoms with Crippen molar-refractivity contribution in [2.24, 2.45) is 0 Å². The highest BCUT2D eigenvalue weighted by molar-refractivity contribution is 6.21. The highest BCUT2D eigenvalue weighted by Gasteiger charge is 2.16. The number of para-hydroxylation sites is 1. The summed E-state index contributed by atoms with van der Waals surface area (Å²) in [5.41, 5.74) is 6.37. The number of anilines is 1. The van der Waals surface area contributed by atoms with Crippen molar-refractivity contribution in [2.75, 3.05) is 5.32 Å². The number of H-pyrrole nitrogens is 1. The predicted octanol–water partition coefficient (Wildman–Crippen LogP) is 7.22. The van der Waals surface area contributed by atoms with Gasteiger partial charge in [0.15, 0.2) is 0 Å². The molecule has 1 heterocycles. The van der Waals surface area contributed by atoms with Gasteiger partial charge in [-0.25, -0.2) is 0 Å². The molecule has 31 heavy (non-hydrogen) atoms. The van der Waals surface area contributed by atoms with Gasteiger partial charge in [-0.2, -0.15) is 0 Å². The lowest BCUT2D eigenvalue weighted by molar-refractivity contribution is 0.472. The van der Waals surface area contributed by atoms with Crippen molar-refractivity contribution in [3.63, 3.8) is 0 Å². The molecule has 0 radical (unpaired) electrons. The van der Waals surface area contributed by atoms with Crippen LogP contribution in [0, 0.1) is 6.92 Å². The Labute approximate surface area is 182 Å². The number of benzene rings is 4. The molecule has 5 rings (SSSR count). The predicted molar refractivity (Wildman–Crippen MR) is 132 cm³/mol. The number of hydrogen-bond acceptors (Lipinski definition) is 2. The fourth-order valence-corrected chi connectivity index (χ4v) is 4.33. The smallest absolute Gasteiger partial charge is 0.142 e. The minimum Gasteiger partial charge on any atom is -0.505 e. The van der Waals surface area contributed by atoms with Crippen LogP contribution >= 0.6 is 0 Å². The molecule has 0 saturated carbocycles. The van der Waals surface area contributed by atoms with Crippen molar-refractivity contribution in [1.82, 2.24) is 4.98 Å². The Morgan fingerprint density at radius 1 is 0.968 bits per heavy atom. The van der Waals surface area contributed by atoms with E-state index in [9.17, 15) is 5.11 Å². The van der Waals surface area contributed by atoms with Gasteiger partial charge in [-0.15, -0.1) is 0 Å². The Balaban J connectivity index is 1.61. The SMILES string of the molecule is CCc1cc2ccc3c4ccccc4[nH]c3c2c(N/C=C/Cc2ccc(C)cc2)c1O. The fourth-order valence-electron chi connectivity index (χ4n) is 4.33. The molecule has 3 heteroatoms. The first-order valence-corrected chi connectivity index (χ1v) is 10.8. The zero-order chi connectivity index (χ0) is 21.4. The Kier molecular flexibility index (Phi) is 4.87. The van der Waals surface area contributed by atoms with Gasteiger partial charge in [-0.1, -0.05) is 73.2 Å². The van der Waals surface area contributed by atoms with Gasteiger partial charge in [0.1, 0.15) is 5.75 Å². The third kappa shape index (κ3) is 3.42. The number of fused-ring (bicyclic) bond motifs is 5. The lowest BCUT2D eigenvalue weighted by atomic mass is 9.99. The molecule has 1 aromatic heterocycles.